The molecule has 0 aromatic heterocycles. The van der Waals surface area contributed by atoms with E-state index in [0.29, 0.717) is 5.44 Å². The van der Waals surface area contributed by atoms with Crippen LogP contribution in [0, 0.1) is 0 Å². The molecule has 0 aromatic carbocycles. The summed E-state index contributed by atoms with van der Waals surface area (Å²) in [7, 11) is 0. The van der Waals surface area contributed by atoms with Gasteiger partial charge in [0.2, 0.25) is 0 Å². The quantitative estimate of drug-likeness (QED) is 0.571. The Hall–Kier alpha value is 0.0500. The molecular weight excluding hydrogens is 144 g/mol. The Morgan fingerprint density at radius 3 is 3.10 bits per heavy atom. The molecule has 0 spiro atoms. The van der Waals surface area contributed by atoms with E-state index >= 15 is 0 Å². The molecule has 10 heavy (non-hydrogen) atoms. The number of ether oxygens (including phenoxy) is 1. The maximum atomic E-state index is 5.46. The number of hydrogen-bond acceptors (Lipinski definition) is 2. The highest BCUT2D eigenvalue weighted by Gasteiger charge is 2.16. The van der Waals surface area contributed by atoms with Gasteiger partial charge in [-0.05, 0) is 18.9 Å². The predicted octanol–water partition coefficient (Wildman–Crippen LogP) is 2.43. The number of allylic oxidation sites excluding steroid dienone is 1. The molecule has 1 fully saturated rings. The van der Waals surface area contributed by atoms with Gasteiger partial charge in [-0.3, -0.25) is 0 Å². The third-order valence-corrected chi connectivity index (χ3v) is 2.73. The molecule has 0 N–H and O–H groups in total. The average Bonchev–Trinajstić information content (AvgIpc) is 2.38. The minimum Gasteiger partial charge on any atom is -0.362 e. The molecule has 1 unspecified atom stereocenters. The van der Waals surface area contributed by atoms with Gasteiger partial charge in [-0.15, -0.1) is 11.8 Å². The highest BCUT2D eigenvalue weighted by molar-refractivity contribution is 8.00. The maximum absolute atomic E-state index is 5.46. The lowest BCUT2D eigenvalue weighted by molar-refractivity contribution is 0.165. The molecule has 1 saturated heterocycles. The molecule has 0 saturated carbocycles. The zero-order valence-electron chi connectivity index (χ0n) is 6.59. The zero-order chi connectivity index (χ0) is 7.40. The van der Waals surface area contributed by atoms with E-state index in [1.54, 1.807) is 0 Å². The van der Waals surface area contributed by atoms with Crippen molar-refractivity contribution in [2.75, 3.05) is 12.4 Å². The topological polar surface area (TPSA) is 9.23 Å². The largest absolute Gasteiger partial charge is 0.362 e. The van der Waals surface area contributed by atoms with Gasteiger partial charge < -0.3 is 4.74 Å². The molecule has 1 rings (SSSR count). The van der Waals surface area contributed by atoms with Crippen molar-refractivity contribution >= 4 is 11.8 Å². The monoisotopic (exact) mass is 158 g/mol. The van der Waals surface area contributed by atoms with Gasteiger partial charge in [0.15, 0.2) is 0 Å². The van der Waals surface area contributed by atoms with Crippen LogP contribution in [0.5, 0.6) is 0 Å². The number of rotatable bonds is 2. The third kappa shape index (κ3) is 2.03. The van der Waals surface area contributed by atoms with Crippen molar-refractivity contribution in [1.82, 2.24) is 0 Å². The van der Waals surface area contributed by atoms with Crippen LogP contribution in [-0.2, 0) is 4.74 Å². The fourth-order valence-corrected chi connectivity index (χ4v) is 2.00. The lowest BCUT2D eigenvalue weighted by atomic mass is 10.2. The first kappa shape index (κ1) is 8.15. The van der Waals surface area contributed by atoms with Gasteiger partial charge in [0.05, 0.1) is 6.61 Å². The van der Waals surface area contributed by atoms with E-state index in [0.717, 1.165) is 18.8 Å². The van der Waals surface area contributed by atoms with Crippen LogP contribution in [0.15, 0.2) is 11.6 Å². The van der Waals surface area contributed by atoms with Gasteiger partial charge in [-0.2, -0.15) is 0 Å². The van der Waals surface area contributed by atoms with Crippen LogP contribution in [0.4, 0.5) is 0 Å². The van der Waals surface area contributed by atoms with Crippen LogP contribution in [0.1, 0.15) is 20.3 Å². The molecule has 0 bridgehead atoms. The summed E-state index contributed by atoms with van der Waals surface area (Å²) in [6.45, 7) is 5.22. The normalized spacial score (nSPS) is 27.4. The van der Waals surface area contributed by atoms with Gasteiger partial charge in [0.25, 0.3) is 0 Å². The predicted molar refractivity (Wildman–Crippen MR) is 46.2 cm³/mol. The second kappa shape index (κ2) is 4.04. The van der Waals surface area contributed by atoms with Gasteiger partial charge >= 0.3 is 0 Å². The molecule has 0 amide bonds. The fourth-order valence-electron chi connectivity index (χ4n) is 1.04. The van der Waals surface area contributed by atoms with Crippen molar-refractivity contribution in [2.24, 2.45) is 0 Å². The van der Waals surface area contributed by atoms with Crippen LogP contribution >= 0.6 is 11.8 Å². The molecule has 1 nitrogen and oxygen atoms in total. The van der Waals surface area contributed by atoms with Gasteiger partial charge in [0, 0.05) is 5.75 Å². The molecule has 58 valence electrons. The highest BCUT2D eigenvalue weighted by atomic mass is 32.2. The van der Waals surface area contributed by atoms with E-state index in [1.165, 1.54) is 5.57 Å². The third-order valence-electron chi connectivity index (χ3n) is 1.52. The zero-order valence-corrected chi connectivity index (χ0v) is 7.41. The summed E-state index contributed by atoms with van der Waals surface area (Å²) >= 11 is 1.90. The Kier molecular flexibility index (Phi) is 3.29. The smallest absolute Gasteiger partial charge is 0.124 e. The molecule has 1 heterocycles. The Morgan fingerprint density at radius 1 is 1.80 bits per heavy atom. The number of thioether (sulfide) groups is 1. The second-order valence-corrected chi connectivity index (χ2v) is 3.60. The summed E-state index contributed by atoms with van der Waals surface area (Å²) in [5.41, 5.74) is 1.74. The lowest BCUT2D eigenvalue weighted by Gasteiger charge is -2.07. The molecule has 1 aliphatic heterocycles. The minimum absolute atomic E-state index is 0.361. The molecular formula is C8H14OS. The van der Waals surface area contributed by atoms with Crippen LogP contribution in [-0.4, -0.2) is 17.8 Å². The van der Waals surface area contributed by atoms with E-state index in [9.17, 15) is 0 Å². The van der Waals surface area contributed by atoms with E-state index in [2.05, 4.69) is 19.9 Å². The van der Waals surface area contributed by atoms with Gasteiger partial charge in [-0.1, -0.05) is 13.0 Å². The van der Waals surface area contributed by atoms with E-state index in [4.69, 9.17) is 4.74 Å². The summed E-state index contributed by atoms with van der Waals surface area (Å²) in [6, 6.07) is 0. The summed E-state index contributed by atoms with van der Waals surface area (Å²) in [5, 5.41) is 0. The van der Waals surface area contributed by atoms with Crippen LogP contribution in [0.25, 0.3) is 0 Å². The standard InChI is InChI=1S/C8H14OS/c1-3-4-7(2)8-9-5-6-10-8/h4,8H,3,5-6H2,1-2H3/b7-4+. The first-order valence-electron chi connectivity index (χ1n) is 3.74. The van der Waals surface area contributed by atoms with Crippen molar-refractivity contribution in [3.05, 3.63) is 11.6 Å². The first-order valence-corrected chi connectivity index (χ1v) is 4.79. The van der Waals surface area contributed by atoms with Crippen LogP contribution < -0.4 is 0 Å². The molecule has 1 aliphatic rings. The summed E-state index contributed by atoms with van der Waals surface area (Å²) in [6.07, 6.45) is 3.36. The molecule has 1 atom stereocenters. The molecule has 0 radical (unpaired) electrons. The van der Waals surface area contributed by atoms with Crippen molar-refractivity contribution in [3.8, 4) is 0 Å². The van der Waals surface area contributed by atoms with E-state index in [-0.39, 0.29) is 0 Å². The van der Waals surface area contributed by atoms with E-state index < -0.39 is 0 Å². The van der Waals surface area contributed by atoms with Crippen LogP contribution in [0.3, 0.4) is 0 Å². The van der Waals surface area contributed by atoms with Crippen molar-refractivity contribution in [2.45, 2.75) is 25.7 Å². The molecule has 0 aromatic rings. The average molecular weight is 158 g/mol. The number of hydrogen-bond donors (Lipinski definition) is 0. The van der Waals surface area contributed by atoms with Crippen molar-refractivity contribution in [1.29, 1.82) is 0 Å². The molecule has 0 aliphatic carbocycles. The Morgan fingerprint density at radius 2 is 2.60 bits per heavy atom. The lowest BCUT2D eigenvalue weighted by Crippen LogP contribution is -2.01. The van der Waals surface area contributed by atoms with E-state index in [1.807, 2.05) is 11.8 Å². The highest BCUT2D eigenvalue weighted by Crippen LogP contribution is 2.25. The summed E-state index contributed by atoms with van der Waals surface area (Å²) in [5.74, 6) is 1.15. The Bertz CT molecular complexity index is 125. The molecule has 2 heteroatoms. The Balaban J connectivity index is 2.39. The first-order chi connectivity index (χ1) is 4.84. The van der Waals surface area contributed by atoms with Crippen molar-refractivity contribution < 1.29 is 4.74 Å². The van der Waals surface area contributed by atoms with Crippen molar-refractivity contribution in [3.63, 3.8) is 0 Å². The van der Waals surface area contributed by atoms with Gasteiger partial charge in [-0.25, -0.2) is 0 Å². The van der Waals surface area contributed by atoms with Crippen LogP contribution in [0.2, 0.25) is 0 Å². The fraction of sp³-hybridized carbons (Fsp3) is 0.750. The second-order valence-electron chi connectivity index (χ2n) is 2.43. The van der Waals surface area contributed by atoms with Gasteiger partial charge in [0.1, 0.15) is 5.44 Å². The maximum Gasteiger partial charge on any atom is 0.124 e. The Labute approximate surface area is 66.8 Å². The summed E-state index contributed by atoms with van der Waals surface area (Å²) < 4.78 is 5.46. The SMILES string of the molecule is CC/C=C(\C)C1OCCS1. The summed E-state index contributed by atoms with van der Waals surface area (Å²) in [4.78, 5) is 0. The minimum atomic E-state index is 0.361.